The van der Waals surface area contributed by atoms with Crippen molar-refractivity contribution in [2.45, 2.75) is 31.5 Å². The molecule has 0 aliphatic carbocycles. The van der Waals surface area contributed by atoms with Gasteiger partial charge in [-0.15, -0.1) is 0 Å². The number of aromatic nitrogens is 2. The van der Waals surface area contributed by atoms with Crippen LogP contribution in [0.5, 0.6) is 11.5 Å². The van der Waals surface area contributed by atoms with Gasteiger partial charge in [-0.1, -0.05) is 30.7 Å². The molecule has 0 unspecified atom stereocenters. The van der Waals surface area contributed by atoms with Crippen molar-refractivity contribution in [1.82, 2.24) is 9.13 Å². The summed E-state index contributed by atoms with van der Waals surface area (Å²) in [5.74, 6) is -2.09. The summed E-state index contributed by atoms with van der Waals surface area (Å²) in [6, 6.07) is 12.2. The Morgan fingerprint density at radius 2 is 1.58 bits per heavy atom. The van der Waals surface area contributed by atoms with Crippen LogP contribution in [-0.4, -0.2) is 31.5 Å². The maximum atomic E-state index is 14.5. The fourth-order valence-electron chi connectivity index (χ4n) is 4.69. The van der Waals surface area contributed by atoms with Crippen LogP contribution in [0.3, 0.4) is 0 Å². The Kier molecular flexibility index (Phi) is 6.83. The third kappa shape index (κ3) is 4.43. The molecule has 4 rings (SSSR count). The summed E-state index contributed by atoms with van der Waals surface area (Å²) in [5, 5.41) is 20.4. The van der Waals surface area contributed by atoms with E-state index in [2.05, 4.69) is 0 Å². The third-order valence-electron chi connectivity index (χ3n) is 6.89. The molecule has 2 N–H and O–H groups in total. The number of rotatable bonds is 6. The Bertz CT molecular complexity index is 1630. The number of benzene rings is 3. The molecule has 0 spiro atoms. The first kappa shape index (κ1) is 27.3. The van der Waals surface area contributed by atoms with Crippen LogP contribution in [0.4, 0.5) is 13.2 Å². The zero-order valence-corrected chi connectivity index (χ0v) is 21.6. The standard InChI is InChI=1S/C27H24ClF3N2O5/c1-14-11-17(38-18-7-9-20(24(34)35)21(28)13-18)6-8-19(14)15(2)26(37,27(29,30)31)16-5-10-22-23(12-16)33(4)25(36)32(22)3/h5-13,15,37H,1-4H3,(H,34,35)/t15-,26-/m0/s1. The number of halogens is 4. The summed E-state index contributed by atoms with van der Waals surface area (Å²) in [6.45, 7) is 2.88. The molecule has 2 atom stereocenters. The Balaban J connectivity index is 1.72. The largest absolute Gasteiger partial charge is 0.478 e. The number of aliphatic hydroxyl groups is 1. The highest BCUT2D eigenvalue weighted by molar-refractivity contribution is 6.33. The SMILES string of the molecule is Cc1cc(Oc2ccc(C(=O)O)c(Cl)c2)ccc1[C@H](C)[C@](O)(c1ccc2c(c1)n(C)c(=O)n2C)C(F)(F)F. The number of fused-ring (bicyclic) bond motifs is 1. The van der Waals surface area contributed by atoms with Crippen molar-refractivity contribution in [2.24, 2.45) is 14.1 Å². The number of carboxylic acids is 1. The molecule has 1 heterocycles. The van der Waals surface area contributed by atoms with Gasteiger partial charge in [0.2, 0.25) is 0 Å². The van der Waals surface area contributed by atoms with Gasteiger partial charge < -0.3 is 14.9 Å². The van der Waals surface area contributed by atoms with Gasteiger partial charge in [0.05, 0.1) is 21.6 Å². The lowest BCUT2D eigenvalue weighted by molar-refractivity contribution is -0.274. The normalized spacial score (nSPS) is 14.3. The van der Waals surface area contributed by atoms with Gasteiger partial charge in [0.1, 0.15) is 11.5 Å². The van der Waals surface area contributed by atoms with E-state index in [0.29, 0.717) is 11.1 Å². The van der Waals surface area contributed by atoms with E-state index < -0.39 is 29.4 Å². The van der Waals surface area contributed by atoms with Gasteiger partial charge in [0, 0.05) is 26.1 Å². The molecule has 3 aromatic carbocycles. The van der Waals surface area contributed by atoms with Gasteiger partial charge in [-0.05, 0) is 60.0 Å². The topological polar surface area (TPSA) is 93.7 Å². The highest BCUT2D eigenvalue weighted by atomic mass is 35.5. The first-order valence-corrected chi connectivity index (χ1v) is 11.8. The first-order chi connectivity index (χ1) is 17.7. The molecule has 7 nitrogen and oxygen atoms in total. The minimum Gasteiger partial charge on any atom is -0.478 e. The van der Waals surface area contributed by atoms with Crippen LogP contribution in [0.2, 0.25) is 5.02 Å². The van der Waals surface area contributed by atoms with Crippen molar-refractivity contribution in [1.29, 1.82) is 0 Å². The Hall–Kier alpha value is -3.76. The molecule has 1 aromatic heterocycles. The second-order valence-corrected chi connectivity index (χ2v) is 9.56. The smallest absolute Gasteiger partial charge is 0.422 e. The number of nitrogens with zero attached hydrogens (tertiary/aromatic N) is 2. The number of hydrogen-bond acceptors (Lipinski definition) is 4. The van der Waals surface area contributed by atoms with Crippen molar-refractivity contribution in [3.05, 3.63) is 92.4 Å². The quantitative estimate of drug-likeness (QED) is 0.314. The molecule has 0 saturated carbocycles. The molecule has 11 heteroatoms. The number of carbonyl (C=O) groups is 1. The summed E-state index contributed by atoms with van der Waals surface area (Å²) < 4.78 is 51.9. The molecule has 38 heavy (non-hydrogen) atoms. The molecular formula is C27H24ClF3N2O5. The maximum Gasteiger partial charge on any atom is 0.422 e. The molecule has 0 bridgehead atoms. The van der Waals surface area contributed by atoms with Gasteiger partial charge in [-0.3, -0.25) is 9.13 Å². The first-order valence-electron chi connectivity index (χ1n) is 11.4. The van der Waals surface area contributed by atoms with Crippen molar-refractivity contribution >= 4 is 28.6 Å². The second kappa shape index (κ2) is 9.52. The third-order valence-corrected chi connectivity index (χ3v) is 7.20. The average Bonchev–Trinajstić information content (AvgIpc) is 3.05. The molecule has 0 radical (unpaired) electrons. The summed E-state index contributed by atoms with van der Waals surface area (Å²) in [6.07, 6.45) is -5.04. The van der Waals surface area contributed by atoms with Crippen LogP contribution in [0, 0.1) is 6.92 Å². The summed E-state index contributed by atoms with van der Waals surface area (Å²) >= 11 is 5.98. The molecule has 0 fully saturated rings. The predicted molar refractivity (Wildman–Crippen MR) is 136 cm³/mol. The van der Waals surface area contributed by atoms with Gasteiger partial charge in [-0.25, -0.2) is 9.59 Å². The lowest BCUT2D eigenvalue weighted by Gasteiger charge is -2.37. The van der Waals surface area contributed by atoms with E-state index in [1.165, 1.54) is 84.8 Å². The number of aryl methyl sites for hydroxylation is 3. The van der Waals surface area contributed by atoms with E-state index in [4.69, 9.17) is 21.4 Å². The van der Waals surface area contributed by atoms with Crippen molar-refractivity contribution < 1.29 is 32.9 Å². The van der Waals surface area contributed by atoms with Gasteiger partial charge >= 0.3 is 17.8 Å². The number of alkyl halides is 3. The van der Waals surface area contributed by atoms with E-state index >= 15 is 0 Å². The number of ether oxygens (including phenoxy) is 1. The molecule has 0 aliphatic rings. The van der Waals surface area contributed by atoms with E-state index in [1.807, 2.05) is 0 Å². The van der Waals surface area contributed by atoms with E-state index in [-0.39, 0.29) is 38.7 Å². The minimum atomic E-state index is -5.04. The average molecular weight is 549 g/mol. The van der Waals surface area contributed by atoms with E-state index in [9.17, 15) is 27.9 Å². The maximum absolute atomic E-state index is 14.5. The lowest BCUT2D eigenvalue weighted by Crippen LogP contribution is -2.46. The van der Waals surface area contributed by atoms with E-state index in [0.717, 1.165) is 0 Å². The number of carboxylic acid groups (broad SMARTS) is 1. The fraction of sp³-hybridized carbons (Fsp3) is 0.259. The Labute approximate surface area is 220 Å². The Morgan fingerprint density at radius 1 is 0.974 bits per heavy atom. The number of aromatic carboxylic acids is 1. The van der Waals surface area contributed by atoms with Gasteiger partial charge in [-0.2, -0.15) is 13.2 Å². The highest BCUT2D eigenvalue weighted by Crippen LogP contribution is 2.49. The fourth-order valence-corrected chi connectivity index (χ4v) is 4.95. The summed E-state index contributed by atoms with van der Waals surface area (Å²) in [7, 11) is 2.97. The lowest BCUT2D eigenvalue weighted by atomic mass is 9.76. The molecule has 0 aliphatic heterocycles. The van der Waals surface area contributed by atoms with Gasteiger partial charge in [0.25, 0.3) is 0 Å². The monoisotopic (exact) mass is 548 g/mol. The zero-order chi connectivity index (χ0) is 28.2. The zero-order valence-electron chi connectivity index (χ0n) is 20.8. The Morgan fingerprint density at radius 3 is 2.16 bits per heavy atom. The van der Waals surface area contributed by atoms with Crippen molar-refractivity contribution in [3.63, 3.8) is 0 Å². The summed E-state index contributed by atoms with van der Waals surface area (Å²) in [5.41, 5.74) is -2.78. The van der Waals surface area contributed by atoms with Crippen molar-refractivity contribution in [2.75, 3.05) is 0 Å². The minimum absolute atomic E-state index is 0.0277. The second-order valence-electron chi connectivity index (χ2n) is 9.16. The van der Waals surface area contributed by atoms with E-state index in [1.54, 1.807) is 6.92 Å². The number of hydrogen-bond donors (Lipinski definition) is 2. The van der Waals surface area contributed by atoms with Crippen LogP contribution in [-0.2, 0) is 19.7 Å². The van der Waals surface area contributed by atoms with Crippen LogP contribution in [0.15, 0.2) is 59.4 Å². The molecular weight excluding hydrogens is 525 g/mol. The molecule has 4 aromatic rings. The molecule has 0 amide bonds. The molecule has 200 valence electrons. The van der Waals surface area contributed by atoms with Crippen LogP contribution in [0.1, 0.15) is 39.9 Å². The van der Waals surface area contributed by atoms with Crippen molar-refractivity contribution in [3.8, 4) is 11.5 Å². The van der Waals surface area contributed by atoms with Crippen LogP contribution < -0.4 is 10.4 Å². The van der Waals surface area contributed by atoms with Crippen LogP contribution >= 0.6 is 11.6 Å². The van der Waals surface area contributed by atoms with Crippen LogP contribution in [0.25, 0.3) is 11.0 Å². The predicted octanol–water partition coefficient (Wildman–Crippen LogP) is 5.88. The van der Waals surface area contributed by atoms with Gasteiger partial charge in [0.15, 0.2) is 5.60 Å². The molecule has 0 saturated heterocycles. The number of imidazole rings is 1. The highest BCUT2D eigenvalue weighted by Gasteiger charge is 2.59. The summed E-state index contributed by atoms with van der Waals surface area (Å²) in [4.78, 5) is 23.4.